The third kappa shape index (κ3) is 1.84. The Labute approximate surface area is 117 Å². The smallest absolute Gasteiger partial charge is 0.280 e. The number of hydrogen-bond donors (Lipinski definition) is 5. The largest absolute Gasteiger partial charge is 0.394 e. The molecule has 0 bridgehead atoms. The molecule has 114 valence electrons. The van der Waals surface area contributed by atoms with E-state index in [0.29, 0.717) is 0 Å². The van der Waals surface area contributed by atoms with E-state index in [9.17, 15) is 20.1 Å². The van der Waals surface area contributed by atoms with Gasteiger partial charge in [0.1, 0.15) is 18.3 Å². The van der Waals surface area contributed by atoms with E-state index in [1.807, 2.05) is 0 Å². The van der Waals surface area contributed by atoms with Crippen molar-refractivity contribution >= 4 is 17.1 Å². The molecule has 4 atom stereocenters. The van der Waals surface area contributed by atoms with E-state index < -0.39 is 36.2 Å². The number of nitrogen functional groups attached to an aromatic ring is 1. The van der Waals surface area contributed by atoms with Gasteiger partial charge in [-0.05, 0) is 6.92 Å². The highest BCUT2D eigenvalue weighted by Crippen LogP contribution is 2.36. The van der Waals surface area contributed by atoms with E-state index in [4.69, 9.17) is 10.5 Å². The van der Waals surface area contributed by atoms with Crippen molar-refractivity contribution < 1.29 is 20.1 Å². The number of aliphatic hydroxyl groups excluding tert-OH is 3. The van der Waals surface area contributed by atoms with E-state index in [0.717, 1.165) is 0 Å². The zero-order chi connectivity index (χ0) is 15.4. The van der Waals surface area contributed by atoms with E-state index in [-0.39, 0.29) is 17.1 Å². The van der Waals surface area contributed by atoms with Crippen LogP contribution in [0.15, 0.2) is 11.1 Å². The van der Waals surface area contributed by atoms with Crippen molar-refractivity contribution in [1.29, 1.82) is 0 Å². The number of ether oxygens (including phenoxy) is 1. The average molecular weight is 297 g/mol. The number of nitrogens with two attached hydrogens (primary N) is 1. The van der Waals surface area contributed by atoms with Crippen LogP contribution in [0, 0.1) is 0 Å². The molecule has 10 nitrogen and oxygen atoms in total. The standard InChI is InChI=1S/C11H15N5O5/c1-11(7(19)6(18)4(2-17)21-11)16-3-13-5-8(16)14-10(12)15-9(5)20/h3-4,6-7,17-19H,2H2,1H3,(H3,12,14,15,20). The number of imidazole rings is 1. The minimum atomic E-state index is -1.44. The van der Waals surface area contributed by atoms with Gasteiger partial charge in [0.15, 0.2) is 16.9 Å². The van der Waals surface area contributed by atoms with Crippen LogP contribution in [0.2, 0.25) is 0 Å². The lowest BCUT2D eigenvalue weighted by Gasteiger charge is -2.29. The number of fused-ring (bicyclic) bond motifs is 1. The summed E-state index contributed by atoms with van der Waals surface area (Å²) < 4.78 is 6.85. The summed E-state index contributed by atoms with van der Waals surface area (Å²) in [5.41, 5.74) is 3.70. The molecule has 4 unspecified atom stereocenters. The number of hydrogen-bond acceptors (Lipinski definition) is 8. The Morgan fingerprint density at radius 1 is 1.57 bits per heavy atom. The lowest BCUT2D eigenvalue weighted by molar-refractivity contribution is -0.132. The Morgan fingerprint density at radius 3 is 2.90 bits per heavy atom. The van der Waals surface area contributed by atoms with Crippen LogP contribution in [0.25, 0.3) is 11.2 Å². The first kappa shape index (κ1) is 13.9. The molecule has 1 saturated heterocycles. The Hall–Kier alpha value is -2.01. The van der Waals surface area contributed by atoms with Crippen LogP contribution in [0.1, 0.15) is 6.92 Å². The van der Waals surface area contributed by atoms with Gasteiger partial charge in [0.2, 0.25) is 5.95 Å². The molecule has 1 aliphatic rings. The highest BCUT2D eigenvalue weighted by molar-refractivity contribution is 5.70. The summed E-state index contributed by atoms with van der Waals surface area (Å²) in [7, 11) is 0. The molecule has 2 aromatic rings. The molecule has 0 saturated carbocycles. The van der Waals surface area contributed by atoms with Gasteiger partial charge in [0.05, 0.1) is 12.9 Å². The van der Waals surface area contributed by atoms with Crippen molar-refractivity contribution in [3.8, 4) is 0 Å². The Bertz CT molecular complexity index is 742. The van der Waals surface area contributed by atoms with Crippen LogP contribution in [-0.4, -0.2) is 59.8 Å². The van der Waals surface area contributed by atoms with Gasteiger partial charge in [-0.1, -0.05) is 0 Å². The van der Waals surface area contributed by atoms with Crippen LogP contribution >= 0.6 is 0 Å². The fourth-order valence-corrected chi connectivity index (χ4v) is 2.56. The summed E-state index contributed by atoms with van der Waals surface area (Å²) in [5.74, 6) is -0.107. The Kier molecular flexibility index (Phi) is 2.99. The zero-order valence-corrected chi connectivity index (χ0v) is 11.1. The SMILES string of the molecule is CC1(n2cnc3c(=O)[nH]c(N)nc32)OC(CO)C(O)C1O. The van der Waals surface area contributed by atoms with Crippen LogP contribution in [0.3, 0.4) is 0 Å². The molecule has 1 fully saturated rings. The molecule has 10 heteroatoms. The molecule has 0 spiro atoms. The first-order valence-corrected chi connectivity index (χ1v) is 6.26. The maximum Gasteiger partial charge on any atom is 0.280 e. The van der Waals surface area contributed by atoms with E-state index in [1.54, 1.807) is 0 Å². The lowest BCUT2D eigenvalue weighted by atomic mass is 10.0. The maximum absolute atomic E-state index is 11.8. The monoisotopic (exact) mass is 297 g/mol. The van der Waals surface area contributed by atoms with Gasteiger partial charge in [-0.25, -0.2) is 4.98 Å². The number of aliphatic hydroxyl groups is 3. The van der Waals surface area contributed by atoms with Gasteiger partial charge < -0.3 is 25.8 Å². The number of nitrogens with zero attached hydrogens (tertiary/aromatic N) is 3. The van der Waals surface area contributed by atoms with Crippen molar-refractivity contribution in [3.63, 3.8) is 0 Å². The molecule has 1 aliphatic heterocycles. The molecule has 6 N–H and O–H groups in total. The van der Waals surface area contributed by atoms with Crippen LogP contribution in [-0.2, 0) is 10.5 Å². The van der Waals surface area contributed by atoms with E-state index in [1.165, 1.54) is 17.8 Å². The highest BCUT2D eigenvalue weighted by atomic mass is 16.6. The average Bonchev–Trinajstić information content (AvgIpc) is 2.95. The lowest BCUT2D eigenvalue weighted by Crippen LogP contribution is -2.43. The van der Waals surface area contributed by atoms with Crippen molar-refractivity contribution in [2.75, 3.05) is 12.3 Å². The molecule has 0 radical (unpaired) electrons. The number of aromatic nitrogens is 4. The Morgan fingerprint density at radius 2 is 2.29 bits per heavy atom. The molecule has 21 heavy (non-hydrogen) atoms. The number of anilines is 1. The molecule has 0 amide bonds. The molecule has 3 rings (SSSR count). The predicted octanol–water partition coefficient (Wildman–Crippen LogP) is -2.51. The zero-order valence-electron chi connectivity index (χ0n) is 11.1. The Balaban J connectivity index is 2.19. The number of H-pyrrole nitrogens is 1. The first-order valence-electron chi connectivity index (χ1n) is 6.26. The second-order valence-electron chi connectivity index (χ2n) is 5.07. The normalized spacial score (nSPS) is 32.9. The van der Waals surface area contributed by atoms with Crippen molar-refractivity contribution in [1.82, 2.24) is 19.5 Å². The van der Waals surface area contributed by atoms with Crippen LogP contribution < -0.4 is 11.3 Å². The van der Waals surface area contributed by atoms with Crippen molar-refractivity contribution in [3.05, 3.63) is 16.7 Å². The quantitative estimate of drug-likeness (QED) is 0.406. The summed E-state index contributed by atoms with van der Waals surface area (Å²) in [6, 6.07) is 0. The van der Waals surface area contributed by atoms with Gasteiger partial charge in [0.25, 0.3) is 5.56 Å². The predicted molar refractivity (Wildman–Crippen MR) is 70.2 cm³/mol. The summed E-state index contributed by atoms with van der Waals surface area (Å²) in [4.78, 5) is 22.0. The van der Waals surface area contributed by atoms with Crippen LogP contribution in [0.4, 0.5) is 5.95 Å². The summed E-state index contributed by atoms with van der Waals surface area (Å²) in [5, 5.41) is 29.3. The van der Waals surface area contributed by atoms with Gasteiger partial charge in [-0.2, -0.15) is 4.98 Å². The van der Waals surface area contributed by atoms with Crippen LogP contribution in [0.5, 0.6) is 0 Å². The molecular weight excluding hydrogens is 282 g/mol. The number of aromatic amines is 1. The summed E-state index contributed by atoms with van der Waals surface area (Å²) in [6.45, 7) is 1.04. The van der Waals surface area contributed by atoms with Gasteiger partial charge in [0, 0.05) is 0 Å². The van der Waals surface area contributed by atoms with E-state index >= 15 is 0 Å². The first-order chi connectivity index (χ1) is 9.88. The fourth-order valence-electron chi connectivity index (χ4n) is 2.56. The fraction of sp³-hybridized carbons (Fsp3) is 0.545. The highest BCUT2D eigenvalue weighted by Gasteiger charge is 2.52. The molecule has 0 aromatic carbocycles. The maximum atomic E-state index is 11.8. The number of nitrogens with one attached hydrogen (secondary N) is 1. The van der Waals surface area contributed by atoms with Gasteiger partial charge in [-0.15, -0.1) is 0 Å². The summed E-state index contributed by atoms with van der Waals surface area (Å²) >= 11 is 0. The minimum absolute atomic E-state index is 0.0307. The topological polar surface area (TPSA) is 160 Å². The van der Waals surface area contributed by atoms with Crippen molar-refractivity contribution in [2.24, 2.45) is 0 Å². The van der Waals surface area contributed by atoms with E-state index in [2.05, 4.69) is 15.0 Å². The molecule has 2 aromatic heterocycles. The molecular formula is C11H15N5O5. The second-order valence-corrected chi connectivity index (χ2v) is 5.07. The second kappa shape index (κ2) is 4.49. The third-order valence-corrected chi connectivity index (χ3v) is 3.73. The molecule has 0 aliphatic carbocycles. The van der Waals surface area contributed by atoms with Crippen molar-refractivity contribution in [2.45, 2.75) is 31.0 Å². The third-order valence-electron chi connectivity index (χ3n) is 3.73. The number of rotatable bonds is 2. The summed E-state index contributed by atoms with van der Waals surface area (Å²) in [6.07, 6.45) is -2.31. The molecule has 3 heterocycles. The van der Waals surface area contributed by atoms with Gasteiger partial charge in [-0.3, -0.25) is 14.3 Å². The van der Waals surface area contributed by atoms with Gasteiger partial charge >= 0.3 is 0 Å². The minimum Gasteiger partial charge on any atom is -0.394 e.